The summed E-state index contributed by atoms with van der Waals surface area (Å²) in [5.74, 6) is 0.401. The van der Waals surface area contributed by atoms with Gasteiger partial charge < -0.3 is 4.79 Å². The minimum absolute atomic E-state index is 0.0478. The fourth-order valence-corrected chi connectivity index (χ4v) is 3.23. The molecule has 1 aliphatic rings. The summed E-state index contributed by atoms with van der Waals surface area (Å²) in [5, 5.41) is 0.771. The van der Waals surface area contributed by atoms with E-state index in [4.69, 9.17) is 11.6 Å². The van der Waals surface area contributed by atoms with Crippen molar-refractivity contribution in [3.63, 3.8) is 0 Å². The van der Waals surface area contributed by atoms with Gasteiger partial charge in [-0.15, -0.1) is 0 Å². The molecule has 0 aromatic heterocycles. The molecule has 0 fully saturated rings. The van der Waals surface area contributed by atoms with Gasteiger partial charge in [-0.25, -0.2) is 0 Å². The first-order chi connectivity index (χ1) is 9.29. The lowest BCUT2D eigenvalue weighted by Crippen LogP contribution is -2.16. The van der Waals surface area contributed by atoms with Crippen LogP contribution in [0.25, 0.3) is 0 Å². The Morgan fingerprint density at radius 3 is 2.53 bits per heavy atom. The summed E-state index contributed by atoms with van der Waals surface area (Å²) < 4.78 is 0. The molecule has 2 aromatic rings. The highest BCUT2D eigenvalue weighted by Gasteiger charge is 2.27. The van der Waals surface area contributed by atoms with Crippen LogP contribution in [0.1, 0.15) is 41.4 Å². The van der Waals surface area contributed by atoms with Crippen LogP contribution in [0, 0.1) is 0 Å². The van der Waals surface area contributed by atoms with Crippen LogP contribution < -0.4 is 0 Å². The molecule has 1 aliphatic carbocycles. The Morgan fingerprint density at radius 2 is 1.79 bits per heavy atom. The Labute approximate surface area is 118 Å². The number of fused-ring (bicyclic) bond motifs is 1. The van der Waals surface area contributed by atoms with E-state index in [0.29, 0.717) is 5.92 Å². The van der Waals surface area contributed by atoms with Crippen molar-refractivity contribution in [2.24, 2.45) is 0 Å². The first-order valence-electron chi connectivity index (χ1n) is 6.59. The second-order valence-electron chi connectivity index (χ2n) is 5.06. The number of hydrogen-bond donors (Lipinski definition) is 0. The largest absolute Gasteiger partial charge is 0.303 e. The molecule has 19 heavy (non-hydrogen) atoms. The predicted octanol–water partition coefficient (Wildman–Crippen LogP) is 4.55. The molecule has 0 amide bonds. The van der Waals surface area contributed by atoms with E-state index in [1.807, 2.05) is 30.3 Å². The van der Waals surface area contributed by atoms with Gasteiger partial charge in [-0.1, -0.05) is 48.0 Å². The minimum atomic E-state index is 0.0478. The molecule has 2 aromatic carbocycles. The van der Waals surface area contributed by atoms with Gasteiger partial charge in [0.15, 0.2) is 0 Å². The lowest BCUT2D eigenvalue weighted by Gasteiger charge is -2.29. The number of benzene rings is 2. The van der Waals surface area contributed by atoms with Gasteiger partial charge in [-0.3, -0.25) is 0 Å². The molecule has 0 saturated carbocycles. The van der Waals surface area contributed by atoms with Crippen LogP contribution in [0.5, 0.6) is 0 Å². The van der Waals surface area contributed by atoms with Crippen LogP contribution in [0.4, 0.5) is 0 Å². The van der Waals surface area contributed by atoms with Crippen molar-refractivity contribution in [2.75, 3.05) is 0 Å². The van der Waals surface area contributed by atoms with Gasteiger partial charge in [0, 0.05) is 16.9 Å². The van der Waals surface area contributed by atoms with Crippen LogP contribution in [0.3, 0.4) is 0 Å². The van der Waals surface area contributed by atoms with Gasteiger partial charge in [-0.05, 0) is 41.7 Å². The van der Waals surface area contributed by atoms with E-state index >= 15 is 0 Å². The van der Waals surface area contributed by atoms with Crippen LogP contribution in [-0.4, -0.2) is 6.29 Å². The smallest absolute Gasteiger partial charge is 0.127 e. The maximum absolute atomic E-state index is 11.2. The molecule has 2 unspecified atom stereocenters. The normalized spacial score (nSPS) is 21.7. The maximum Gasteiger partial charge on any atom is 0.127 e. The molecule has 96 valence electrons. The third-order valence-corrected chi connectivity index (χ3v) is 4.19. The van der Waals surface area contributed by atoms with E-state index in [9.17, 15) is 4.79 Å². The zero-order chi connectivity index (χ0) is 13.2. The third kappa shape index (κ3) is 2.31. The number of rotatable bonds is 2. The van der Waals surface area contributed by atoms with E-state index in [2.05, 4.69) is 18.2 Å². The van der Waals surface area contributed by atoms with Crippen LogP contribution in [-0.2, 0) is 4.79 Å². The highest BCUT2D eigenvalue weighted by atomic mass is 35.5. The number of hydrogen-bond acceptors (Lipinski definition) is 1. The first-order valence-corrected chi connectivity index (χ1v) is 6.97. The van der Waals surface area contributed by atoms with Crippen molar-refractivity contribution in [1.82, 2.24) is 0 Å². The predicted molar refractivity (Wildman–Crippen MR) is 77.8 cm³/mol. The number of carbonyl (C=O) groups excluding carboxylic acids is 1. The topological polar surface area (TPSA) is 17.1 Å². The quantitative estimate of drug-likeness (QED) is 0.732. The van der Waals surface area contributed by atoms with Crippen LogP contribution in [0.15, 0.2) is 48.5 Å². The van der Waals surface area contributed by atoms with Crippen LogP contribution in [0.2, 0.25) is 5.02 Å². The fraction of sp³-hybridized carbons (Fsp3) is 0.235. The summed E-state index contributed by atoms with van der Waals surface area (Å²) in [6, 6.07) is 16.3. The highest BCUT2D eigenvalue weighted by molar-refractivity contribution is 6.30. The lowest BCUT2D eigenvalue weighted by molar-refractivity contribution is -0.109. The Hall–Kier alpha value is -1.60. The highest BCUT2D eigenvalue weighted by Crippen LogP contribution is 2.41. The molecule has 0 aliphatic heterocycles. The summed E-state index contributed by atoms with van der Waals surface area (Å²) in [4.78, 5) is 11.2. The van der Waals surface area contributed by atoms with Gasteiger partial charge in [0.25, 0.3) is 0 Å². The lowest BCUT2D eigenvalue weighted by atomic mass is 9.74. The van der Waals surface area contributed by atoms with E-state index in [1.54, 1.807) is 0 Å². The molecule has 3 rings (SSSR count). The molecule has 0 bridgehead atoms. The summed E-state index contributed by atoms with van der Waals surface area (Å²) in [6.45, 7) is 0. The average molecular weight is 271 g/mol. The van der Waals surface area contributed by atoms with Gasteiger partial charge >= 0.3 is 0 Å². The second-order valence-corrected chi connectivity index (χ2v) is 5.49. The zero-order valence-electron chi connectivity index (χ0n) is 10.6. The monoisotopic (exact) mass is 270 g/mol. The first kappa shape index (κ1) is 12.4. The number of halogens is 1. The zero-order valence-corrected chi connectivity index (χ0v) is 11.3. The maximum atomic E-state index is 11.2. The SMILES string of the molecule is O=CC1CCC(c2cccc(Cl)c2)c2ccccc21. The van der Waals surface area contributed by atoms with Crippen molar-refractivity contribution in [3.8, 4) is 0 Å². The van der Waals surface area contributed by atoms with Crippen LogP contribution >= 0.6 is 11.6 Å². The van der Waals surface area contributed by atoms with Crippen molar-refractivity contribution >= 4 is 17.9 Å². The Kier molecular flexibility index (Phi) is 3.39. The Balaban J connectivity index is 2.07. The van der Waals surface area contributed by atoms with Crippen molar-refractivity contribution in [2.45, 2.75) is 24.7 Å². The van der Waals surface area contributed by atoms with Gasteiger partial charge in [0.2, 0.25) is 0 Å². The molecule has 0 radical (unpaired) electrons. The number of aldehydes is 1. The molecular weight excluding hydrogens is 256 g/mol. The Morgan fingerprint density at radius 1 is 1.00 bits per heavy atom. The average Bonchev–Trinajstić information content (AvgIpc) is 2.46. The summed E-state index contributed by atoms with van der Waals surface area (Å²) in [5.41, 5.74) is 3.69. The second kappa shape index (κ2) is 5.18. The molecule has 0 N–H and O–H groups in total. The summed E-state index contributed by atoms with van der Waals surface area (Å²) in [6.07, 6.45) is 2.99. The molecular formula is C17H15ClO. The molecule has 1 nitrogen and oxygen atoms in total. The molecule has 0 saturated heterocycles. The fourth-order valence-electron chi connectivity index (χ4n) is 3.03. The molecule has 0 heterocycles. The van der Waals surface area contributed by atoms with Crippen molar-refractivity contribution < 1.29 is 4.79 Å². The Bertz CT molecular complexity index is 606. The standard InChI is InChI=1S/C17H15ClO/c18-14-5-3-4-12(10-14)16-9-8-13(11-19)15-6-1-2-7-17(15)16/h1-7,10-11,13,16H,8-9H2. The van der Waals surface area contributed by atoms with Gasteiger partial charge in [0.1, 0.15) is 6.29 Å². The van der Waals surface area contributed by atoms with Gasteiger partial charge in [0.05, 0.1) is 0 Å². The van der Waals surface area contributed by atoms with Crippen molar-refractivity contribution in [3.05, 3.63) is 70.2 Å². The minimum Gasteiger partial charge on any atom is -0.303 e. The van der Waals surface area contributed by atoms with E-state index in [-0.39, 0.29) is 5.92 Å². The number of carbonyl (C=O) groups is 1. The van der Waals surface area contributed by atoms with E-state index < -0.39 is 0 Å². The van der Waals surface area contributed by atoms with Gasteiger partial charge in [-0.2, -0.15) is 0 Å². The molecule has 2 heteroatoms. The van der Waals surface area contributed by atoms with E-state index in [0.717, 1.165) is 24.2 Å². The summed E-state index contributed by atoms with van der Waals surface area (Å²) >= 11 is 6.09. The van der Waals surface area contributed by atoms with Crippen molar-refractivity contribution in [1.29, 1.82) is 0 Å². The molecule has 0 spiro atoms. The van der Waals surface area contributed by atoms with E-state index in [1.165, 1.54) is 16.7 Å². The molecule has 2 atom stereocenters. The third-order valence-electron chi connectivity index (χ3n) is 3.95. The summed E-state index contributed by atoms with van der Waals surface area (Å²) in [7, 11) is 0.